The number of nitrogens with zero attached hydrogens (tertiary/aromatic N) is 2. The van der Waals surface area contributed by atoms with E-state index in [0.29, 0.717) is 39.5 Å². The van der Waals surface area contributed by atoms with Crippen LogP contribution in [0.2, 0.25) is 5.02 Å². The highest BCUT2D eigenvalue weighted by Gasteiger charge is 2.13. The minimum absolute atomic E-state index is 0.0408. The van der Waals surface area contributed by atoms with Gasteiger partial charge in [0.25, 0.3) is 5.91 Å². The number of benzene rings is 2. The Morgan fingerprint density at radius 2 is 1.84 bits per heavy atom. The normalized spacial score (nSPS) is 10.5. The molecule has 0 aliphatic rings. The average molecular weight is 477 g/mol. The highest BCUT2D eigenvalue weighted by Crippen LogP contribution is 2.19. The van der Waals surface area contributed by atoms with Crippen molar-refractivity contribution in [3.05, 3.63) is 69.1 Å². The molecule has 0 aliphatic carbocycles. The second-order valence-electron chi connectivity index (χ2n) is 6.40. The number of thioether (sulfide) groups is 1. The molecule has 0 fully saturated rings. The van der Waals surface area contributed by atoms with Crippen LogP contribution >= 0.6 is 34.7 Å². The molecule has 3 rings (SSSR count). The second-order valence-corrected chi connectivity index (χ2v) is 8.89. The smallest absolute Gasteiger partial charge is 0.286 e. The van der Waals surface area contributed by atoms with Crippen LogP contribution < -0.4 is 15.4 Å². The number of methoxy groups -OCH3 is 1. The zero-order chi connectivity index (χ0) is 22.1. The van der Waals surface area contributed by atoms with Crippen LogP contribution in [0.5, 0.6) is 5.75 Å². The number of amides is 2. The van der Waals surface area contributed by atoms with Crippen molar-refractivity contribution < 1.29 is 14.3 Å². The highest BCUT2D eigenvalue weighted by molar-refractivity contribution is 7.99. The summed E-state index contributed by atoms with van der Waals surface area (Å²) in [5.74, 6) is 1.17. The van der Waals surface area contributed by atoms with Crippen LogP contribution in [0.15, 0.2) is 48.5 Å². The molecule has 2 amide bonds. The first-order valence-electron chi connectivity index (χ1n) is 9.40. The topological polar surface area (TPSA) is 93.2 Å². The Morgan fingerprint density at radius 1 is 1.10 bits per heavy atom. The summed E-state index contributed by atoms with van der Waals surface area (Å²) in [6, 6.07) is 14.6. The molecule has 0 bridgehead atoms. The molecular formula is C21H21ClN4O3S2. The Hall–Kier alpha value is -2.62. The number of carbonyl (C=O) groups is 2. The number of rotatable bonds is 10. The molecule has 2 aromatic carbocycles. The molecule has 31 heavy (non-hydrogen) atoms. The van der Waals surface area contributed by atoms with E-state index in [9.17, 15) is 9.59 Å². The quantitative estimate of drug-likeness (QED) is 0.458. The molecule has 1 heterocycles. The van der Waals surface area contributed by atoms with Crippen LogP contribution in [-0.2, 0) is 17.0 Å². The van der Waals surface area contributed by atoms with Crippen molar-refractivity contribution >= 4 is 52.2 Å². The molecule has 1 aromatic heterocycles. The lowest BCUT2D eigenvalue weighted by molar-refractivity contribution is -0.118. The predicted octanol–water partition coefficient (Wildman–Crippen LogP) is 4.04. The number of hydrogen-bond donors (Lipinski definition) is 2. The molecule has 2 N–H and O–H groups in total. The second kappa shape index (κ2) is 11.7. The van der Waals surface area contributed by atoms with Gasteiger partial charge in [0.2, 0.25) is 10.9 Å². The highest BCUT2D eigenvalue weighted by atomic mass is 35.5. The molecule has 0 radical (unpaired) electrons. The summed E-state index contributed by atoms with van der Waals surface area (Å²) in [5.41, 5.74) is 1.76. The van der Waals surface area contributed by atoms with E-state index in [-0.39, 0.29) is 16.8 Å². The van der Waals surface area contributed by atoms with Gasteiger partial charge in [0.15, 0.2) is 0 Å². The van der Waals surface area contributed by atoms with E-state index in [1.165, 1.54) is 23.1 Å². The van der Waals surface area contributed by atoms with Gasteiger partial charge in [-0.05, 0) is 48.4 Å². The Balaban J connectivity index is 1.36. The monoisotopic (exact) mass is 476 g/mol. The zero-order valence-electron chi connectivity index (χ0n) is 16.8. The van der Waals surface area contributed by atoms with Crippen molar-refractivity contribution in [1.29, 1.82) is 0 Å². The van der Waals surface area contributed by atoms with E-state index in [4.69, 9.17) is 16.3 Å². The van der Waals surface area contributed by atoms with Crippen LogP contribution in [0.25, 0.3) is 0 Å². The first-order valence-corrected chi connectivity index (χ1v) is 11.7. The molecule has 0 saturated heterocycles. The maximum absolute atomic E-state index is 12.3. The summed E-state index contributed by atoms with van der Waals surface area (Å²) >= 11 is 8.50. The first-order chi connectivity index (χ1) is 15.0. The number of halogens is 1. The number of aromatic nitrogens is 2. The van der Waals surface area contributed by atoms with Crippen molar-refractivity contribution in [1.82, 2.24) is 15.5 Å². The SMILES string of the molecule is COc1ccc(NC(=O)c2nnc(CSCC(=O)NCCc3ccc(Cl)cc3)s2)cc1. The van der Waals surface area contributed by atoms with Gasteiger partial charge in [-0.2, -0.15) is 0 Å². The molecular weight excluding hydrogens is 456 g/mol. The third kappa shape index (κ3) is 7.54. The van der Waals surface area contributed by atoms with Crippen LogP contribution in [0.3, 0.4) is 0 Å². The number of ether oxygens (including phenoxy) is 1. The molecule has 0 saturated carbocycles. The van der Waals surface area contributed by atoms with Crippen molar-refractivity contribution in [2.75, 3.05) is 24.7 Å². The molecule has 162 valence electrons. The molecule has 0 spiro atoms. The maximum Gasteiger partial charge on any atom is 0.286 e. The molecule has 10 heteroatoms. The van der Waals surface area contributed by atoms with Crippen molar-refractivity contribution in [2.45, 2.75) is 12.2 Å². The average Bonchev–Trinajstić information content (AvgIpc) is 3.25. The van der Waals surface area contributed by atoms with Gasteiger partial charge in [-0.1, -0.05) is 35.1 Å². The van der Waals surface area contributed by atoms with Gasteiger partial charge >= 0.3 is 0 Å². The molecule has 3 aromatic rings. The largest absolute Gasteiger partial charge is 0.497 e. The number of carbonyl (C=O) groups excluding carboxylic acids is 2. The van der Waals surface area contributed by atoms with E-state index in [1.54, 1.807) is 31.4 Å². The summed E-state index contributed by atoms with van der Waals surface area (Å²) in [6.45, 7) is 0.565. The van der Waals surface area contributed by atoms with Gasteiger partial charge in [-0.25, -0.2) is 0 Å². The number of anilines is 1. The van der Waals surface area contributed by atoms with Crippen LogP contribution in [0.4, 0.5) is 5.69 Å². The lowest BCUT2D eigenvalue weighted by Crippen LogP contribution is -2.27. The van der Waals surface area contributed by atoms with Crippen LogP contribution in [0, 0.1) is 0 Å². The summed E-state index contributed by atoms with van der Waals surface area (Å²) in [4.78, 5) is 24.3. The standard InChI is InChI=1S/C21H21ClN4O3S2/c1-29-17-8-6-16(7-9-17)24-20(28)21-26-25-19(31-21)13-30-12-18(27)23-11-10-14-2-4-15(22)5-3-14/h2-9H,10-13H2,1H3,(H,23,27)(H,24,28). The minimum atomic E-state index is -0.321. The van der Waals surface area contributed by atoms with Gasteiger partial charge in [0, 0.05) is 23.0 Å². The third-order valence-electron chi connectivity index (χ3n) is 4.12. The van der Waals surface area contributed by atoms with Gasteiger partial charge in [0.05, 0.1) is 12.9 Å². The van der Waals surface area contributed by atoms with E-state index in [0.717, 1.165) is 12.0 Å². The van der Waals surface area contributed by atoms with E-state index >= 15 is 0 Å². The Kier molecular flexibility index (Phi) is 8.69. The molecule has 0 unspecified atom stereocenters. The summed E-state index contributed by atoms with van der Waals surface area (Å²) in [6.07, 6.45) is 0.747. The van der Waals surface area contributed by atoms with E-state index in [1.807, 2.05) is 24.3 Å². The minimum Gasteiger partial charge on any atom is -0.497 e. The van der Waals surface area contributed by atoms with Crippen molar-refractivity contribution in [3.8, 4) is 5.75 Å². The Labute approximate surface area is 193 Å². The van der Waals surface area contributed by atoms with E-state index < -0.39 is 0 Å². The predicted molar refractivity (Wildman–Crippen MR) is 125 cm³/mol. The zero-order valence-corrected chi connectivity index (χ0v) is 19.1. The van der Waals surface area contributed by atoms with Crippen LogP contribution in [0.1, 0.15) is 20.4 Å². The fraction of sp³-hybridized carbons (Fsp3) is 0.238. The van der Waals surface area contributed by atoms with Gasteiger partial charge in [0.1, 0.15) is 10.8 Å². The Bertz CT molecular complexity index is 1010. The van der Waals surface area contributed by atoms with Gasteiger partial charge in [-0.3, -0.25) is 9.59 Å². The number of hydrogen-bond acceptors (Lipinski definition) is 7. The third-order valence-corrected chi connectivity index (χ3v) is 6.42. The lowest BCUT2D eigenvalue weighted by atomic mass is 10.1. The Morgan fingerprint density at radius 3 is 2.55 bits per heavy atom. The molecule has 0 aliphatic heterocycles. The van der Waals surface area contributed by atoms with Crippen LogP contribution in [-0.4, -0.2) is 41.4 Å². The first kappa shape index (κ1) is 23.1. The van der Waals surface area contributed by atoms with Crippen molar-refractivity contribution in [3.63, 3.8) is 0 Å². The molecule has 0 atom stereocenters. The fourth-order valence-electron chi connectivity index (χ4n) is 2.54. The molecule has 7 nitrogen and oxygen atoms in total. The van der Waals surface area contributed by atoms with E-state index in [2.05, 4.69) is 20.8 Å². The lowest BCUT2D eigenvalue weighted by Gasteiger charge is -2.05. The number of nitrogens with one attached hydrogen (secondary N) is 2. The fourth-order valence-corrected chi connectivity index (χ4v) is 4.31. The summed E-state index contributed by atoms with van der Waals surface area (Å²) in [5, 5.41) is 15.3. The van der Waals surface area contributed by atoms with Gasteiger partial charge in [-0.15, -0.1) is 22.0 Å². The van der Waals surface area contributed by atoms with Crippen molar-refractivity contribution in [2.24, 2.45) is 0 Å². The maximum atomic E-state index is 12.3. The summed E-state index contributed by atoms with van der Waals surface area (Å²) < 4.78 is 5.09. The summed E-state index contributed by atoms with van der Waals surface area (Å²) in [7, 11) is 1.58. The van der Waals surface area contributed by atoms with Gasteiger partial charge < -0.3 is 15.4 Å².